The smallest absolute Gasteiger partial charge is 0.370 e. The molecule has 0 spiro atoms. The fourth-order valence-electron chi connectivity index (χ4n) is 6.52. The second kappa shape index (κ2) is 7.65. The third kappa shape index (κ3) is 3.44. The maximum absolute atomic E-state index is 12.6. The van der Waals surface area contributed by atoms with Crippen LogP contribution in [-0.4, -0.2) is 14.2 Å². The molecule has 0 unspecified atom stereocenters. The fraction of sp³-hybridized carbons (Fsp3) is 0.542. The highest BCUT2D eigenvalue weighted by atomic mass is 32.2. The zero-order valence-electron chi connectivity index (χ0n) is 17.7. The van der Waals surface area contributed by atoms with Gasteiger partial charge in [0.25, 0.3) is 0 Å². The molecule has 2 saturated carbocycles. The van der Waals surface area contributed by atoms with E-state index >= 15 is 0 Å². The molecule has 0 aliphatic heterocycles. The molecule has 3 aliphatic rings. The first-order valence-corrected chi connectivity index (χ1v) is 12.3. The molecule has 5 nitrogen and oxygen atoms in total. The molecule has 2 fully saturated rings. The monoisotopic (exact) mass is 429 g/mol. The summed E-state index contributed by atoms with van der Waals surface area (Å²) in [6, 6.07) is 2.11. The van der Waals surface area contributed by atoms with Crippen molar-refractivity contribution in [3.05, 3.63) is 53.6 Å². The van der Waals surface area contributed by atoms with Gasteiger partial charge in [0.15, 0.2) is 5.75 Å². The summed E-state index contributed by atoms with van der Waals surface area (Å²) in [6.07, 6.45) is 10.1. The quantitative estimate of drug-likeness (QED) is 0.688. The Balaban J connectivity index is 1.84. The predicted octanol–water partition coefficient (Wildman–Crippen LogP) is 4.15. The molecule has 1 aromatic rings. The lowest BCUT2D eigenvalue weighted by Gasteiger charge is -2.48. The molecule has 0 radical (unpaired) electrons. The summed E-state index contributed by atoms with van der Waals surface area (Å²) in [6.45, 7) is 9.87. The van der Waals surface area contributed by atoms with Crippen LogP contribution in [0.2, 0.25) is 0 Å². The molecule has 0 bridgehead atoms. The molecule has 0 amide bonds. The summed E-state index contributed by atoms with van der Waals surface area (Å²) in [4.78, 5) is 12.6. The first-order chi connectivity index (χ1) is 14.2. The maximum atomic E-state index is 12.6. The van der Waals surface area contributed by atoms with Crippen molar-refractivity contribution in [3.63, 3.8) is 0 Å². The Bertz CT molecular complexity index is 1010. The molecular weight excluding hydrogens is 398 g/mol. The van der Waals surface area contributed by atoms with Gasteiger partial charge in [0.2, 0.25) is 0 Å². The molecular formula is C24H31NO4S. The van der Waals surface area contributed by atoms with Gasteiger partial charge in [0, 0.05) is 23.0 Å². The second-order valence-corrected chi connectivity index (χ2v) is 10.5. The topological polar surface area (TPSA) is 86.5 Å². The van der Waals surface area contributed by atoms with Crippen LogP contribution in [-0.2, 0) is 34.4 Å². The van der Waals surface area contributed by atoms with E-state index in [0.717, 1.165) is 43.2 Å². The Morgan fingerprint density at radius 2 is 1.93 bits per heavy atom. The minimum absolute atomic E-state index is 0.163. The standard InChI is InChI=1S/C24H31NO4S/c1-4-6-15-14-20-16(19(7-5-2)23(15)29-30(25,27)28)8-9-18-17(20)12-13-24(3)21(18)10-11-22(24)26/h4-5,14,17-18,21H,1-2,6-13H2,3H3,(H2,25,27,28)/t17-,18+,21-,24-/m0/s1. The van der Waals surface area contributed by atoms with Gasteiger partial charge in [-0.25, -0.2) is 0 Å². The Morgan fingerprint density at radius 1 is 1.20 bits per heavy atom. The van der Waals surface area contributed by atoms with Crippen molar-refractivity contribution in [2.45, 2.75) is 64.2 Å². The third-order valence-electron chi connectivity index (χ3n) is 7.79. The van der Waals surface area contributed by atoms with Crippen LogP contribution < -0.4 is 9.32 Å². The number of benzene rings is 1. The summed E-state index contributed by atoms with van der Waals surface area (Å²) in [5.41, 5.74) is 3.98. The maximum Gasteiger partial charge on any atom is 0.380 e. The normalized spacial score (nSPS) is 30.2. The van der Waals surface area contributed by atoms with E-state index in [1.807, 2.05) is 0 Å². The van der Waals surface area contributed by atoms with E-state index < -0.39 is 10.3 Å². The Kier molecular flexibility index (Phi) is 5.43. The van der Waals surface area contributed by atoms with E-state index in [9.17, 15) is 13.2 Å². The van der Waals surface area contributed by atoms with Crippen LogP contribution in [0.1, 0.15) is 67.2 Å². The third-order valence-corrected chi connectivity index (χ3v) is 8.19. The van der Waals surface area contributed by atoms with Crippen molar-refractivity contribution in [1.82, 2.24) is 0 Å². The molecule has 1 aromatic carbocycles. The highest BCUT2D eigenvalue weighted by Crippen LogP contribution is 2.60. The van der Waals surface area contributed by atoms with Gasteiger partial charge in [-0.05, 0) is 73.8 Å². The largest absolute Gasteiger partial charge is 0.380 e. The number of allylic oxidation sites excluding steroid dienone is 2. The summed E-state index contributed by atoms with van der Waals surface area (Å²) < 4.78 is 28.8. The molecule has 0 heterocycles. The van der Waals surface area contributed by atoms with Gasteiger partial charge in [0.1, 0.15) is 5.78 Å². The van der Waals surface area contributed by atoms with Gasteiger partial charge in [-0.3, -0.25) is 4.79 Å². The lowest BCUT2D eigenvalue weighted by atomic mass is 9.55. The SMILES string of the molecule is C=CCc1cc2c(c(CC=C)c1OS(N)(=O)=O)CC[C@@H]1[C@@H]2CC[C@]2(C)C(=O)CC[C@@H]12. The van der Waals surface area contributed by atoms with E-state index in [0.29, 0.717) is 48.5 Å². The molecule has 2 N–H and O–H groups in total. The van der Waals surface area contributed by atoms with Crippen molar-refractivity contribution >= 4 is 16.1 Å². The summed E-state index contributed by atoms with van der Waals surface area (Å²) >= 11 is 0. The van der Waals surface area contributed by atoms with Crippen molar-refractivity contribution < 1.29 is 17.4 Å². The second-order valence-electron chi connectivity index (χ2n) is 9.31. The zero-order chi connectivity index (χ0) is 21.7. The Labute approximate surface area is 179 Å². The van der Waals surface area contributed by atoms with Crippen LogP contribution in [0.3, 0.4) is 0 Å². The van der Waals surface area contributed by atoms with Crippen LogP contribution in [0, 0.1) is 17.3 Å². The van der Waals surface area contributed by atoms with Crippen LogP contribution >= 0.6 is 0 Å². The van der Waals surface area contributed by atoms with Gasteiger partial charge >= 0.3 is 10.3 Å². The van der Waals surface area contributed by atoms with Crippen molar-refractivity contribution in [1.29, 1.82) is 0 Å². The zero-order valence-corrected chi connectivity index (χ0v) is 18.5. The van der Waals surface area contributed by atoms with Gasteiger partial charge in [0.05, 0.1) is 0 Å². The minimum atomic E-state index is -4.14. The van der Waals surface area contributed by atoms with Crippen LogP contribution in [0.5, 0.6) is 5.75 Å². The molecule has 3 aliphatic carbocycles. The molecule has 0 aromatic heterocycles. The number of hydrogen-bond donors (Lipinski definition) is 1. The average molecular weight is 430 g/mol. The Hall–Kier alpha value is -1.92. The highest BCUT2D eigenvalue weighted by Gasteiger charge is 2.54. The van der Waals surface area contributed by atoms with Crippen molar-refractivity contribution in [3.8, 4) is 5.75 Å². The summed E-state index contributed by atoms with van der Waals surface area (Å²) in [7, 11) is -4.14. The number of nitrogens with two attached hydrogens (primary N) is 1. The molecule has 0 saturated heterocycles. The van der Waals surface area contributed by atoms with E-state index in [2.05, 4.69) is 26.1 Å². The molecule has 4 rings (SSSR count). The van der Waals surface area contributed by atoms with E-state index in [1.54, 1.807) is 12.2 Å². The fourth-order valence-corrected chi connectivity index (χ4v) is 6.96. The number of hydrogen-bond acceptors (Lipinski definition) is 4. The van der Waals surface area contributed by atoms with Crippen LogP contribution in [0.4, 0.5) is 0 Å². The molecule has 162 valence electrons. The van der Waals surface area contributed by atoms with E-state index in [-0.39, 0.29) is 5.41 Å². The van der Waals surface area contributed by atoms with Crippen molar-refractivity contribution in [2.75, 3.05) is 0 Å². The molecule has 4 atom stereocenters. The number of ketones is 1. The van der Waals surface area contributed by atoms with Crippen LogP contribution in [0.15, 0.2) is 31.4 Å². The van der Waals surface area contributed by atoms with Gasteiger partial charge in [-0.2, -0.15) is 13.6 Å². The first kappa shape index (κ1) is 21.3. The first-order valence-electron chi connectivity index (χ1n) is 10.8. The van der Waals surface area contributed by atoms with Gasteiger partial charge in [-0.15, -0.1) is 13.2 Å². The number of Topliss-reactive ketones (excluding diaryl/α,β-unsaturated/α-hetero) is 1. The minimum Gasteiger partial charge on any atom is -0.370 e. The van der Waals surface area contributed by atoms with Crippen LogP contribution in [0.25, 0.3) is 0 Å². The predicted molar refractivity (Wildman–Crippen MR) is 118 cm³/mol. The highest BCUT2D eigenvalue weighted by molar-refractivity contribution is 7.84. The van der Waals surface area contributed by atoms with E-state index in [1.165, 1.54) is 11.1 Å². The van der Waals surface area contributed by atoms with Crippen molar-refractivity contribution in [2.24, 2.45) is 22.4 Å². The number of carbonyl (C=O) groups is 1. The van der Waals surface area contributed by atoms with E-state index in [4.69, 9.17) is 9.32 Å². The summed E-state index contributed by atoms with van der Waals surface area (Å²) in [5, 5.41) is 5.23. The number of fused-ring (bicyclic) bond motifs is 5. The average Bonchev–Trinajstić information content (AvgIpc) is 2.98. The van der Waals surface area contributed by atoms with Gasteiger partial charge < -0.3 is 4.18 Å². The molecule has 6 heteroatoms. The lowest BCUT2D eigenvalue weighted by Crippen LogP contribution is -2.42. The molecule has 30 heavy (non-hydrogen) atoms. The van der Waals surface area contributed by atoms with Gasteiger partial charge in [-0.1, -0.05) is 25.1 Å². The lowest BCUT2D eigenvalue weighted by molar-refractivity contribution is -0.129. The summed E-state index contributed by atoms with van der Waals surface area (Å²) in [5.74, 6) is 2.12. The number of rotatable bonds is 6. The Morgan fingerprint density at radius 3 is 2.60 bits per heavy atom. The number of carbonyl (C=O) groups excluding carboxylic acids is 1.